The van der Waals surface area contributed by atoms with Crippen LogP contribution in [0, 0.1) is 0 Å². The SMILES string of the molecule is CCOc1cc(N)cc(NC2CCC(SCC)C2)c1. The minimum atomic E-state index is 0.570. The maximum absolute atomic E-state index is 5.91. The highest BCUT2D eigenvalue weighted by Gasteiger charge is 2.24. The van der Waals surface area contributed by atoms with Crippen molar-refractivity contribution in [2.45, 2.75) is 44.4 Å². The van der Waals surface area contributed by atoms with Gasteiger partial charge in [-0.1, -0.05) is 6.92 Å². The Morgan fingerprint density at radius 2 is 2.16 bits per heavy atom. The van der Waals surface area contributed by atoms with Crippen LogP contribution in [-0.2, 0) is 0 Å². The van der Waals surface area contributed by atoms with Gasteiger partial charge < -0.3 is 15.8 Å². The van der Waals surface area contributed by atoms with Crippen molar-refractivity contribution >= 4 is 23.1 Å². The zero-order valence-electron chi connectivity index (χ0n) is 11.8. The second-order valence-electron chi connectivity index (χ2n) is 4.96. The van der Waals surface area contributed by atoms with Crippen molar-refractivity contribution in [2.24, 2.45) is 0 Å². The minimum Gasteiger partial charge on any atom is -0.494 e. The van der Waals surface area contributed by atoms with E-state index < -0.39 is 0 Å². The number of ether oxygens (including phenoxy) is 1. The number of hydrogen-bond donors (Lipinski definition) is 2. The number of nitrogens with one attached hydrogen (secondary N) is 1. The quantitative estimate of drug-likeness (QED) is 0.779. The lowest BCUT2D eigenvalue weighted by atomic mass is 10.2. The number of rotatable bonds is 6. The Kier molecular flexibility index (Phi) is 5.25. The molecule has 1 aromatic rings. The molecule has 2 atom stereocenters. The van der Waals surface area contributed by atoms with Crippen LogP contribution in [0.3, 0.4) is 0 Å². The first-order chi connectivity index (χ1) is 9.21. The maximum Gasteiger partial charge on any atom is 0.123 e. The summed E-state index contributed by atoms with van der Waals surface area (Å²) in [6.07, 6.45) is 3.81. The van der Waals surface area contributed by atoms with E-state index in [2.05, 4.69) is 24.0 Å². The standard InChI is InChI=1S/C15H24N2OS/c1-3-18-14-8-11(16)7-13(9-14)17-12-5-6-15(10-12)19-4-2/h7-9,12,15,17H,3-6,10,16H2,1-2H3. The molecule has 4 heteroatoms. The van der Waals surface area contributed by atoms with E-state index in [1.165, 1.54) is 25.0 Å². The molecule has 1 aliphatic rings. The number of hydrogen-bond acceptors (Lipinski definition) is 4. The van der Waals surface area contributed by atoms with Gasteiger partial charge in [0.15, 0.2) is 0 Å². The summed E-state index contributed by atoms with van der Waals surface area (Å²) in [7, 11) is 0. The van der Waals surface area contributed by atoms with E-state index in [1.807, 2.05) is 25.1 Å². The fraction of sp³-hybridized carbons (Fsp3) is 0.600. The summed E-state index contributed by atoms with van der Waals surface area (Å²) in [5, 5.41) is 4.41. The van der Waals surface area contributed by atoms with Crippen molar-refractivity contribution in [3.8, 4) is 5.75 Å². The van der Waals surface area contributed by atoms with E-state index in [0.29, 0.717) is 12.6 Å². The van der Waals surface area contributed by atoms with E-state index in [9.17, 15) is 0 Å². The molecule has 0 heterocycles. The third-order valence-electron chi connectivity index (χ3n) is 3.40. The van der Waals surface area contributed by atoms with Gasteiger partial charge >= 0.3 is 0 Å². The van der Waals surface area contributed by atoms with Gasteiger partial charge in [0, 0.05) is 34.8 Å². The molecule has 1 aliphatic carbocycles. The Morgan fingerprint density at radius 3 is 2.89 bits per heavy atom. The lowest BCUT2D eigenvalue weighted by Gasteiger charge is -2.16. The largest absolute Gasteiger partial charge is 0.494 e. The van der Waals surface area contributed by atoms with Crippen molar-refractivity contribution < 1.29 is 4.74 Å². The first-order valence-electron chi connectivity index (χ1n) is 7.12. The highest BCUT2D eigenvalue weighted by molar-refractivity contribution is 7.99. The Morgan fingerprint density at radius 1 is 1.32 bits per heavy atom. The molecular weight excluding hydrogens is 256 g/mol. The molecule has 1 aromatic carbocycles. The van der Waals surface area contributed by atoms with Crippen molar-refractivity contribution in [1.29, 1.82) is 0 Å². The summed E-state index contributed by atoms with van der Waals surface area (Å²) >= 11 is 2.08. The number of thioether (sulfide) groups is 1. The van der Waals surface area contributed by atoms with Gasteiger partial charge in [0.05, 0.1) is 6.61 Å². The van der Waals surface area contributed by atoms with E-state index in [4.69, 9.17) is 10.5 Å². The fourth-order valence-corrected chi connectivity index (χ4v) is 3.79. The lowest BCUT2D eigenvalue weighted by Crippen LogP contribution is -2.16. The molecule has 106 valence electrons. The Labute approximate surface area is 120 Å². The van der Waals surface area contributed by atoms with Gasteiger partial charge in [-0.15, -0.1) is 0 Å². The minimum absolute atomic E-state index is 0.570. The van der Waals surface area contributed by atoms with Crippen LogP contribution in [0.15, 0.2) is 18.2 Å². The highest BCUT2D eigenvalue weighted by atomic mass is 32.2. The molecule has 1 fully saturated rings. The van der Waals surface area contributed by atoms with Gasteiger partial charge in [-0.05, 0) is 38.0 Å². The molecule has 0 amide bonds. The van der Waals surface area contributed by atoms with Crippen LogP contribution in [0.1, 0.15) is 33.1 Å². The summed E-state index contributed by atoms with van der Waals surface area (Å²) < 4.78 is 5.53. The van der Waals surface area contributed by atoms with Crippen LogP contribution in [0.25, 0.3) is 0 Å². The molecule has 0 radical (unpaired) electrons. The van der Waals surface area contributed by atoms with Crippen molar-refractivity contribution in [3.63, 3.8) is 0 Å². The van der Waals surface area contributed by atoms with Crippen LogP contribution in [-0.4, -0.2) is 23.7 Å². The molecule has 0 bridgehead atoms. The zero-order valence-corrected chi connectivity index (χ0v) is 12.6. The monoisotopic (exact) mass is 280 g/mol. The van der Waals surface area contributed by atoms with Crippen LogP contribution < -0.4 is 15.8 Å². The molecule has 0 saturated heterocycles. The van der Waals surface area contributed by atoms with E-state index in [1.54, 1.807) is 0 Å². The molecule has 0 aliphatic heterocycles. The Balaban J connectivity index is 1.95. The molecule has 19 heavy (non-hydrogen) atoms. The summed E-state index contributed by atoms with van der Waals surface area (Å²) in [5.41, 5.74) is 7.75. The van der Waals surface area contributed by atoms with E-state index >= 15 is 0 Å². The second-order valence-corrected chi connectivity index (χ2v) is 6.53. The first kappa shape index (κ1) is 14.4. The third kappa shape index (κ3) is 4.23. The molecule has 0 aromatic heterocycles. The summed E-state index contributed by atoms with van der Waals surface area (Å²) in [6, 6.07) is 6.47. The third-order valence-corrected chi connectivity index (χ3v) is 4.63. The Bertz CT molecular complexity index is 411. The van der Waals surface area contributed by atoms with E-state index in [-0.39, 0.29) is 0 Å². The van der Waals surface area contributed by atoms with E-state index in [0.717, 1.165) is 22.4 Å². The Hall–Kier alpha value is -1.03. The summed E-state index contributed by atoms with van der Waals surface area (Å²) in [5.74, 6) is 2.06. The van der Waals surface area contributed by atoms with Crippen LogP contribution in [0.4, 0.5) is 11.4 Å². The molecule has 3 N–H and O–H groups in total. The van der Waals surface area contributed by atoms with Crippen molar-refractivity contribution in [1.82, 2.24) is 0 Å². The van der Waals surface area contributed by atoms with Gasteiger partial charge in [0.1, 0.15) is 5.75 Å². The van der Waals surface area contributed by atoms with Crippen LogP contribution in [0.2, 0.25) is 0 Å². The van der Waals surface area contributed by atoms with Crippen molar-refractivity contribution in [3.05, 3.63) is 18.2 Å². The molecule has 2 rings (SSSR count). The maximum atomic E-state index is 5.91. The predicted octanol–water partition coefficient (Wildman–Crippen LogP) is 3.75. The average Bonchev–Trinajstić information content (AvgIpc) is 2.76. The van der Waals surface area contributed by atoms with Crippen molar-refractivity contribution in [2.75, 3.05) is 23.4 Å². The normalized spacial score (nSPS) is 22.4. The van der Waals surface area contributed by atoms with Gasteiger partial charge in [0.25, 0.3) is 0 Å². The van der Waals surface area contributed by atoms with Gasteiger partial charge in [-0.2, -0.15) is 11.8 Å². The number of nitrogens with two attached hydrogens (primary N) is 1. The van der Waals surface area contributed by atoms with Gasteiger partial charge in [-0.25, -0.2) is 0 Å². The van der Waals surface area contributed by atoms with Crippen LogP contribution in [0.5, 0.6) is 5.75 Å². The topological polar surface area (TPSA) is 47.3 Å². The number of nitrogen functional groups attached to an aromatic ring is 1. The molecule has 2 unspecified atom stereocenters. The predicted molar refractivity (Wildman–Crippen MR) is 85.2 cm³/mol. The lowest BCUT2D eigenvalue weighted by molar-refractivity contribution is 0.340. The summed E-state index contributed by atoms with van der Waals surface area (Å²) in [4.78, 5) is 0. The highest BCUT2D eigenvalue weighted by Crippen LogP contribution is 2.32. The van der Waals surface area contributed by atoms with Crippen LogP contribution >= 0.6 is 11.8 Å². The average molecular weight is 280 g/mol. The first-order valence-corrected chi connectivity index (χ1v) is 8.17. The fourth-order valence-electron chi connectivity index (χ4n) is 2.65. The number of benzene rings is 1. The van der Waals surface area contributed by atoms with Gasteiger partial charge in [0.2, 0.25) is 0 Å². The van der Waals surface area contributed by atoms with Gasteiger partial charge in [-0.3, -0.25) is 0 Å². The molecule has 0 spiro atoms. The summed E-state index contributed by atoms with van der Waals surface area (Å²) in [6.45, 7) is 4.89. The molecular formula is C15H24N2OS. The molecule has 1 saturated carbocycles. The molecule has 3 nitrogen and oxygen atoms in total. The smallest absolute Gasteiger partial charge is 0.123 e. The second kappa shape index (κ2) is 6.94. The number of anilines is 2. The zero-order chi connectivity index (χ0) is 13.7.